The molecule has 0 fully saturated rings. The standard InChI is InChI=1S/C10H14ClN/c1-6-4-9(11)5-10(7(6)2)8(3)12/h4-5,8H,12H2,1-3H3. The van der Waals surface area contributed by atoms with Crippen LogP contribution in [-0.2, 0) is 0 Å². The summed E-state index contributed by atoms with van der Waals surface area (Å²) < 4.78 is 0. The van der Waals surface area contributed by atoms with Crippen LogP contribution in [-0.4, -0.2) is 0 Å². The van der Waals surface area contributed by atoms with Crippen molar-refractivity contribution in [2.75, 3.05) is 0 Å². The van der Waals surface area contributed by atoms with Crippen LogP contribution in [0, 0.1) is 13.8 Å². The molecule has 12 heavy (non-hydrogen) atoms. The number of rotatable bonds is 1. The molecule has 0 heterocycles. The van der Waals surface area contributed by atoms with Gasteiger partial charge in [0.2, 0.25) is 0 Å². The summed E-state index contributed by atoms with van der Waals surface area (Å²) in [5.74, 6) is 0. The quantitative estimate of drug-likeness (QED) is 0.712. The molecule has 0 aliphatic heterocycles. The lowest BCUT2D eigenvalue weighted by Crippen LogP contribution is -2.07. The summed E-state index contributed by atoms with van der Waals surface area (Å²) in [6, 6.07) is 3.96. The van der Waals surface area contributed by atoms with Gasteiger partial charge in [-0.3, -0.25) is 0 Å². The zero-order valence-corrected chi connectivity index (χ0v) is 8.44. The third-order valence-electron chi connectivity index (χ3n) is 2.16. The monoisotopic (exact) mass is 183 g/mol. The molecule has 1 aromatic carbocycles. The maximum Gasteiger partial charge on any atom is 0.0412 e. The summed E-state index contributed by atoms with van der Waals surface area (Å²) in [6.45, 7) is 6.09. The smallest absolute Gasteiger partial charge is 0.0412 e. The SMILES string of the molecule is Cc1cc(Cl)cc(C(C)N)c1C. The van der Waals surface area contributed by atoms with E-state index in [0.29, 0.717) is 0 Å². The van der Waals surface area contributed by atoms with Gasteiger partial charge in [-0.05, 0) is 49.6 Å². The normalized spacial score (nSPS) is 13.1. The van der Waals surface area contributed by atoms with Crippen LogP contribution in [0.2, 0.25) is 5.02 Å². The highest BCUT2D eigenvalue weighted by Gasteiger charge is 2.06. The minimum absolute atomic E-state index is 0.0578. The Morgan fingerprint density at radius 1 is 1.33 bits per heavy atom. The van der Waals surface area contributed by atoms with E-state index in [-0.39, 0.29) is 6.04 Å². The minimum atomic E-state index is 0.0578. The van der Waals surface area contributed by atoms with E-state index in [1.807, 2.05) is 26.0 Å². The summed E-state index contributed by atoms with van der Waals surface area (Å²) in [5.41, 5.74) is 9.38. The number of hydrogen-bond donors (Lipinski definition) is 1. The van der Waals surface area contributed by atoms with Crippen LogP contribution in [0.5, 0.6) is 0 Å². The van der Waals surface area contributed by atoms with E-state index in [0.717, 1.165) is 10.6 Å². The topological polar surface area (TPSA) is 26.0 Å². The first-order valence-electron chi connectivity index (χ1n) is 4.04. The zero-order valence-electron chi connectivity index (χ0n) is 7.69. The van der Waals surface area contributed by atoms with Crippen LogP contribution in [0.3, 0.4) is 0 Å². The van der Waals surface area contributed by atoms with Gasteiger partial charge in [0.1, 0.15) is 0 Å². The molecule has 1 aromatic rings. The fourth-order valence-electron chi connectivity index (χ4n) is 1.31. The summed E-state index contributed by atoms with van der Waals surface area (Å²) >= 11 is 5.91. The third-order valence-corrected chi connectivity index (χ3v) is 2.38. The number of aryl methyl sites for hydroxylation is 1. The molecular weight excluding hydrogens is 170 g/mol. The van der Waals surface area contributed by atoms with Gasteiger partial charge in [-0.1, -0.05) is 11.6 Å². The van der Waals surface area contributed by atoms with Crippen molar-refractivity contribution in [2.24, 2.45) is 5.73 Å². The predicted molar refractivity (Wildman–Crippen MR) is 53.5 cm³/mol. The second kappa shape index (κ2) is 3.46. The lowest BCUT2D eigenvalue weighted by molar-refractivity contribution is 0.808. The van der Waals surface area contributed by atoms with E-state index in [4.69, 9.17) is 17.3 Å². The van der Waals surface area contributed by atoms with Crippen molar-refractivity contribution < 1.29 is 0 Å². The highest BCUT2D eigenvalue weighted by molar-refractivity contribution is 6.30. The molecule has 0 bridgehead atoms. The first-order valence-corrected chi connectivity index (χ1v) is 4.42. The second-order valence-electron chi connectivity index (χ2n) is 3.23. The summed E-state index contributed by atoms with van der Waals surface area (Å²) in [7, 11) is 0. The van der Waals surface area contributed by atoms with Gasteiger partial charge in [0.25, 0.3) is 0 Å². The third kappa shape index (κ3) is 1.79. The largest absolute Gasteiger partial charge is 0.324 e. The molecule has 0 aliphatic rings. The average Bonchev–Trinajstić information content (AvgIpc) is 1.96. The Bertz CT molecular complexity index is 292. The van der Waals surface area contributed by atoms with Crippen molar-refractivity contribution in [3.63, 3.8) is 0 Å². The van der Waals surface area contributed by atoms with Gasteiger partial charge in [-0.25, -0.2) is 0 Å². The molecule has 2 N–H and O–H groups in total. The van der Waals surface area contributed by atoms with Crippen molar-refractivity contribution in [3.8, 4) is 0 Å². The predicted octanol–water partition coefficient (Wildman–Crippen LogP) is 2.98. The fraction of sp³-hybridized carbons (Fsp3) is 0.400. The van der Waals surface area contributed by atoms with Crippen LogP contribution in [0.15, 0.2) is 12.1 Å². The Morgan fingerprint density at radius 3 is 2.42 bits per heavy atom. The van der Waals surface area contributed by atoms with Gasteiger partial charge in [0.15, 0.2) is 0 Å². The molecule has 1 nitrogen and oxygen atoms in total. The molecule has 0 aromatic heterocycles. The summed E-state index contributed by atoms with van der Waals surface area (Å²) in [4.78, 5) is 0. The Labute approximate surface area is 78.5 Å². The zero-order chi connectivity index (χ0) is 9.30. The van der Waals surface area contributed by atoms with Crippen LogP contribution in [0.4, 0.5) is 0 Å². The molecule has 0 saturated heterocycles. The van der Waals surface area contributed by atoms with Crippen molar-refractivity contribution in [2.45, 2.75) is 26.8 Å². The van der Waals surface area contributed by atoms with E-state index in [9.17, 15) is 0 Å². The van der Waals surface area contributed by atoms with E-state index < -0.39 is 0 Å². The molecule has 0 aliphatic carbocycles. The van der Waals surface area contributed by atoms with Crippen LogP contribution < -0.4 is 5.73 Å². The van der Waals surface area contributed by atoms with E-state index in [1.54, 1.807) is 0 Å². The first-order chi connectivity index (χ1) is 5.52. The Morgan fingerprint density at radius 2 is 1.92 bits per heavy atom. The molecule has 0 amide bonds. The van der Waals surface area contributed by atoms with Gasteiger partial charge in [-0.15, -0.1) is 0 Å². The van der Waals surface area contributed by atoms with Gasteiger partial charge < -0.3 is 5.73 Å². The van der Waals surface area contributed by atoms with Gasteiger partial charge in [-0.2, -0.15) is 0 Å². The molecule has 2 heteroatoms. The molecule has 0 radical (unpaired) electrons. The van der Waals surface area contributed by atoms with Gasteiger partial charge in [0, 0.05) is 11.1 Å². The summed E-state index contributed by atoms with van der Waals surface area (Å²) in [5, 5.41) is 0.769. The molecule has 1 unspecified atom stereocenters. The lowest BCUT2D eigenvalue weighted by atomic mass is 9.99. The molecule has 0 saturated carbocycles. The maximum absolute atomic E-state index is 5.91. The molecular formula is C10H14ClN. The highest BCUT2D eigenvalue weighted by Crippen LogP contribution is 2.23. The van der Waals surface area contributed by atoms with E-state index >= 15 is 0 Å². The molecule has 0 spiro atoms. The van der Waals surface area contributed by atoms with Gasteiger partial charge in [0.05, 0.1) is 0 Å². The minimum Gasteiger partial charge on any atom is -0.324 e. The van der Waals surface area contributed by atoms with Crippen LogP contribution in [0.1, 0.15) is 29.7 Å². The fourth-order valence-corrected chi connectivity index (χ4v) is 1.60. The Balaban J connectivity index is 3.28. The van der Waals surface area contributed by atoms with E-state index in [2.05, 4.69) is 6.92 Å². The first kappa shape index (κ1) is 9.56. The number of benzene rings is 1. The number of hydrogen-bond acceptors (Lipinski definition) is 1. The molecule has 1 atom stereocenters. The number of halogens is 1. The summed E-state index contributed by atoms with van der Waals surface area (Å²) in [6.07, 6.45) is 0. The van der Waals surface area contributed by atoms with Crippen molar-refractivity contribution in [1.82, 2.24) is 0 Å². The van der Waals surface area contributed by atoms with Crippen LogP contribution >= 0.6 is 11.6 Å². The second-order valence-corrected chi connectivity index (χ2v) is 3.66. The maximum atomic E-state index is 5.91. The Hall–Kier alpha value is -0.530. The molecule has 1 rings (SSSR count). The highest BCUT2D eigenvalue weighted by atomic mass is 35.5. The Kier molecular flexibility index (Phi) is 2.76. The lowest BCUT2D eigenvalue weighted by Gasteiger charge is -2.12. The van der Waals surface area contributed by atoms with Gasteiger partial charge >= 0.3 is 0 Å². The van der Waals surface area contributed by atoms with Crippen molar-refractivity contribution >= 4 is 11.6 Å². The molecule has 66 valence electrons. The van der Waals surface area contributed by atoms with Crippen molar-refractivity contribution in [3.05, 3.63) is 33.8 Å². The number of nitrogens with two attached hydrogens (primary N) is 1. The van der Waals surface area contributed by atoms with Crippen LogP contribution in [0.25, 0.3) is 0 Å². The van der Waals surface area contributed by atoms with E-state index in [1.165, 1.54) is 11.1 Å². The average molecular weight is 184 g/mol. The van der Waals surface area contributed by atoms with Crippen molar-refractivity contribution in [1.29, 1.82) is 0 Å².